The number of benzene rings is 2. The van der Waals surface area contributed by atoms with Crippen molar-refractivity contribution in [3.8, 4) is 5.75 Å². The van der Waals surface area contributed by atoms with Gasteiger partial charge >= 0.3 is 0 Å². The van der Waals surface area contributed by atoms with Gasteiger partial charge in [-0.1, -0.05) is 35.1 Å². The number of carbonyl (C=O) groups excluding carboxylic acids is 1. The summed E-state index contributed by atoms with van der Waals surface area (Å²) in [6, 6.07) is 10.7. The van der Waals surface area contributed by atoms with Crippen LogP contribution in [0.1, 0.15) is 24.0 Å². The second-order valence-electron chi connectivity index (χ2n) is 8.17. The minimum absolute atomic E-state index is 0.148. The number of sulfonamides is 1. The molecule has 1 saturated heterocycles. The summed E-state index contributed by atoms with van der Waals surface area (Å²) in [5, 5.41) is 0. The summed E-state index contributed by atoms with van der Waals surface area (Å²) in [5.41, 5.74) is 2.98. The van der Waals surface area contributed by atoms with Crippen LogP contribution in [0, 0.1) is 19.8 Å². The van der Waals surface area contributed by atoms with Crippen molar-refractivity contribution in [1.82, 2.24) is 8.87 Å². The summed E-state index contributed by atoms with van der Waals surface area (Å²) in [7, 11) is -0.158. The molecule has 2 heterocycles. The summed E-state index contributed by atoms with van der Waals surface area (Å²) in [5.74, 6) is -0.0176. The average Bonchev–Trinajstić information content (AvgIpc) is 3.11. The average molecular weight is 474 g/mol. The summed E-state index contributed by atoms with van der Waals surface area (Å²) < 4.78 is 35.9. The number of aromatic nitrogens is 1. The molecule has 0 N–H and O–H groups in total. The number of hydrogen-bond donors (Lipinski definition) is 0. The van der Waals surface area contributed by atoms with Crippen LogP contribution in [0.2, 0.25) is 0 Å². The molecule has 0 spiro atoms. The standard InChI is InChI=1S/C23H27N3O4S2/c1-15-7-10-18(11-8-15)32(28,29)26-13-5-6-17(14-26)22(27)24-23-25(3)20-19(30-4)12-9-16(2)21(20)31-23/h7-12,17H,5-6,13-14H2,1-4H3. The van der Waals surface area contributed by atoms with E-state index in [2.05, 4.69) is 4.99 Å². The first-order valence-electron chi connectivity index (χ1n) is 10.5. The molecule has 0 radical (unpaired) electrons. The minimum atomic E-state index is -3.64. The lowest BCUT2D eigenvalue weighted by atomic mass is 9.99. The van der Waals surface area contributed by atoms with Gasteiger partial charge in [0.25, 0.3) is 5.91 Å². The highest BCUT2D eigenvalue weighted by Crippen LogP contribution is 2.30. The van der Waals surface area contributed by atoms with Crippen molar-refractivity contribution in [2.45, 2.75) is 31.6 Å². The first-order valence-corrected chi connectivity index (χ1v) is 12.8. The van der Waals surface area contributed by atoms with Gasteiger partial charge in [0.15, 0.2) is 4.80 Å². The van der Waals surface area contributed by atoms with Gasteiger partial charge in [0.05, 0.1) is 22.6 Å². The van der Waals surface area contributed by atoms with Crippen molar-refractivity contribution in [2.24, 2.45) is 18.0 Å². The Kier molecular flexibility index (Phi) is 6.24. The van der Waals surface area contributed by atoms with E-state index in [1.54, 1.807) is 31.4 Å². The van der Waals surface area contributed by atoms with Gasteiger partial charge in [0.1, 0.15) is 11.3 Å². The molecular weight excluding hydrogens is 446 g/mol. The monoisotopic (exact) mass is 473 g/mol. The van der Waals surface area contributed by atoms with Crippen molar-refractivity contribution >= 4 is 37.5 Å². The van der Waals surface area contributed by atoms with Crippen molar-refractivity contribution in [2.75, 3.05) is 20.2 Å². The second kappa shape index (κ2) is 8.80. The number of rotatable bonds is 4. The Bertz CT molecular complexity index is 1340. The molecule has 1 unspecified atom stereocenters. The molecule has 0 bridgehead atoms. The van der Waals surface area contributed by atoms with E-state index in [1.165, 1.54) is 15.6 Å². The Morgan fingerprint density at radius 1 is 1.16 bits per heavy atom. The van der Waals surface area contributed by atoms with E-state index in [9.17, 15) is 13.2 Å². The molecule has 1 atom stereocenters. The first kappa shape index (κ1) is 22.7. The van der Waals surface area contributed by atoms with Crippen molar-refractivity contribution in [3.63, 3.8) is 0 Å². The van der Waals surface area contributed by atoms with E-state index >= 15 is 0 Å². The first-order chi connectivity index (χ1) is 15.2. The maximum absolute atomic E-state index is 13.1. The molecule has 9 heteroatoms. The minimum Gasteiger partial charge on any atom is -0.495 e. The second-order valence-corrected chi connectivity index (χ2v) is 11.1. The van der Waals surface area contributed by atoms with Gasteiger partial charge < -0.3 is 9.30 Å². The largest absolute Gasteiger partial charge is 0.495 e. The number of thiazole rings is 1. The van der Waals surface area contributed by atoms with Crippen molar-refractivity contribution in [3.05, 3.63) is 52.3 Å². The topological polar surface area (TPSA) is 81.0 Å². The Morgan fingerprint density at radius 3 is 2.56 bits per heavy atom. The maximum atomic E-state index is 13.1. The number of nitrogens with zero attached hydrogens (tertiary/aromatic N) is 3. The number of methoxy groups -OCH3 is 1. The van der Waals surface area contributed by atoms with Gasteiger partial charge in [-0.3, -0.25) is 4.79 Å². The number of fused-ring (bicyclic) bond motifs is 1. The molecule has 3 aromatic rings. The molecule has 1 amide bonds. The van der Waals surface area contributed by atoms with Gasteiger partial charge in [0.2, 0.25) is 10.0 Å². The molecule has 4 rings (SSSR count). The summed E-state index contributed by atoms with van der Waals surface area (Å²) >= 11 is 1.44. The quantitative estimate of drug-likeness (QED) is 0.582. The van der Waals surface area contributed by atoms with Crippen LogP contribution < -0.4 is 9.54 Å². The molecule has 0 aliphatic carbocycles. The maximum Gasteiger partial charge on any atom is 0.252 e. The van der Waals surface area contributed by atoms with E-state index < -0.39 is 15.9 Å². The third-order valence-electron chi connectivity index (χ3n) is 5.92. The summed E-state index contributed by atoms with van der Waals surface area (Å²) in [4.78, 5) is 18.3. The van der Waals surface area contributed by atoms with Crippen LogP contribution in [0.15, 0.2) is 46.3 Å². The Hall–Kier alpha value is -2.49. The number of hydrogen-bond acceptors (Lipinski definition) is 5. The van der Waals surface area contributed by atoms with Crippen molar-refractivity contribution < 1.29 is 17.9 Å². The van der Waals surface area contributed by atoms with Crippen molar-refractivity contribution in [1.29, 1.82) is 0 Å². The molecular formula is C23H27N3O4S2. The van der Waals surface area contributed by atoms with Gasteiger partial charge in [-0.25, -0.2) is 8.42 Å². The highest BCUT2D eigenvalue weighted by Gasteiger charge is 2.33. The Morgan fingerprint density at radius 2 is 1.88 bits per heavy atom. The lowest BCUT2D eigenvalue weighted by Crippen LogP contribution is -2.42. The van der Waals surface area contributed by atoms with E-state index in [-0.39, 0.29) is 17.3 Å². The normalized spacial score (nSPS) is 18.2. The van der Waals surface area contributed by atoms with E-state index in [0.29, 0.717) is 24.2 Å². The number of carbonyl (C=O) groups is 1. The molecule has 0 saturated carbocycles. The fraction of sp³-hybridized carbons (Fsp3) is 0.391. The predicted molar refractivity (Wildman–Crippen MR) is 125 cm³/mol. The zero-order valence-corrected chi connectivity index (χ0v) is 20.3. The van der Waals surface area contributed by atoms with Crippen LogP contribution in [0.3, 0.4) is 0 Å². The molecule has 1 aromatic heterocycles. The number of amides is 1. The van der Waals surface area contributed by atoms with Gasteiger partial charge in [-0.05, 0) is 50.5 Å². The zero-order valence-electron chi connectivity index (χ0n) is 18.7. The molecule has 32 heavy (non-hydrogen) atoms. The van der Waals surface area contributed by atoms with Crippen LogP contribution in [0.5, 0.6) is 5.75 Å². The SMILES string of the molecule is COc1ccc(C)c2sc(=NC(=O)C3CCCN(S(=O)(=O)c4ccc(C)cc4)C3)n(C)c12. The highest BCUT2D eigenvalue weighted by molar-refractivity contribution is 7.89. The molecule has 7 nitrogen and oxygen atoms in total. The third-order valence-corrected chi connectivity index (χ3v) is 9.07. The van der Waals surface area contributed by atoms with Crippen LogP contribution in [0.25, 0.3) is 10.2 Å². The lowest BCUT2D eigenvalue weighted by Gasteiger charge is -2.30. The molecule has 1 fully saturated rings. The van der Waals surface area contributed by atoms with E-state index in [4.69, 9.17) is 4.74 Å². The number of ether oxygens (including phenoxy) is 1. The molecule has 170 valence electrons. The predicted octanol–water partition coefficient (Wildman–Crippen LogP) is 3.39. The number of piperidine rings is 1. The number of aryl methyl sites for hydroxylation is 3. The van der Waals surface area contributed by atoms with Gasteiger partial charge in [-0.15, -0.1) is 0 Å². The lowest BCUT2D eigenvalue weighted by molar-refractivity contribution is -0.122. The van der Waals surface area contributed by atoms with Crippen LogP contribution >= 0.6 is 11.3 Å². The molecule has 1 aliphatic rings. The summed E-state index contributed by atoms with van der Waals surface area (Å²) in [6.45, 7) is 4.49. The smallest absolute Gasteiger partial charge is 0.252 e. The van der Waals surface area contributed by atoms with E-state index in [0.717, 1.165) is 27.1 Å². The van der Waals surface area contributed by atoms with Gasteiger partial charge in [0, 0.05) is 20.1 Å². The molecule has 2 aromatic carbocycles. The summed E-state index contributed by atoms with van der Waals surface area (Å²) in [6.07, 6.45) is 1.25. The molecule has 1 aliphatic heterocycles. The van der Waals surface area contributed by atoms with Crippen LogP contribution in [0.4, 0.5) is 0 Å². The third kappa shape index (κ3) is 4.12. The fourth-order valence-electron chi connectivity index (χ4n) is 4.03. The van der Waals surface area contributed by atoms with Crippen LogP contribution in [-0.4, -0.2) is 43.4 Å². The fourth-order valence-corrected chi connectivity index (χ4v) is 6.66. The zero-order chi connectivity index (χ0) is 23.0. The Balaban J connectivity index is 1.63. The van der Waals surface area contributed by atoms with Gasteiger partial charge in [-0.2, -0.15) is 9.30 Å². The highest BCUT2D eigenvalue weighted by atomic mass is 32.2. The van der Waals surface area contributed by atoms with Crippen LogP contribution in [-0.2, 0) is 21.9 Å². The van der Waals surface area contributed by atoms with E-state index in [1.807, 2.05) is 37.6 Å². The Labute approximate surface area is 192 Å².